The number of rotatable bonds is 3. The molecule has 0 radical (unpaired) electrons. The molecule has 0 aliphatic heterocycles. The van der Waals surface area contributed by atoms with Crippen LogP contribution in [-0.2, 0) is 0 Å². The number of aliphatic hydroxyl groups is 1. The predicted octanol–water partition coefficient (Wildman–Crippen LogP) is 2.77. The summed E-state index contributed by atoms with van der Waals surface area (Å²) in [7, 11) is 0. The van der Waals surface area contributed by atoms with Gasteiger partial charge in [-0.25, -0.2) is 0 Å². The lowest BCUT2D eigenvalue weighted by Gasteiger charge is -1.97. The van der Waals surface area contributed by atoms with Gasteiger partial charge in [-0.2, -0.15) is 4.57 Å². The minimum Gasteiger partial charge on any atom is -0.502 e. The molecular formula is C12H11N2O3S+. The summed E-state index contributed by atoms with van der Waals surface area (Å²) in [4.78, 5) is 10.0. The second-order valence-corrected chi connectivity index (χ2v) is 4.45. The number of nitrogens with zero attached hydrogens (tertiary/aromatic N) is 2. The summed E-state index contributed by atoms with van der Waals surface area (Å²) in [6, 6.07) is 5.77. The summed E-state index contributed by atoms with van der Waals surface area (Å²) in [6.07, 6.45) is 1.58. The fraction of sp³-hybridized carbons (Fsp3) is 0.0833. The molecule has 2 rings (SSSR count). The van der Waals surface area contributed by atoms with Gasteiger partial charge in [0.2, 0.25) is 11.7 Å². The van der Waals surface area contributed by atoms with E-state index >= 15 is 0 Å². The number of non-ortho nitro benzene ring substituents is 1. The van der Waals surface area contributed by atoms with E-state index < -0.39 is 4.92 Å². The van der Waals surface area contributed by atoms with Crippen LogP contribution < -0.4 is 4.57 Å². The summed E-state index contributed by atoms with van der Waals surface area (Å²) >= 11 is 1.53. The molecule has 0 aliphatic carbocycles. The third kappa shape index (κ3) is 2.54. The minimum atomic E-state index is -0.470. The van der Waals surface area contributed by atoms with Crippen molar-refractivity contribution in [3.05, 3.63) is 56.5 Å². The fourth-order valence-corrected chi connectivity index (χ4v) is 2.17. The summed E-state index contributed by atoms with van der Waals surface area (Å²) in [5.41, 5.74) is 3.41. The summed E-state index contributed by atoms with van der Waals surface area (Å²) in [5.74, 6) is 0.0661. The van der Waals surface area contributed by atoms with Crippen molar-refractivity contribution in [1.82, 2.24) is 0 Å². The van der Waals surface area contributed by atoms with E-state index in [1.807, 2.05) is 17.8 Å². The number of aryl methyl sites for hydroxylation is 1. The normalized spacial score (nSPS) is 11.5. The molecule has 92 valence electrons. The van der Waals surface area contributed by atoms with Crippen LogP contribution in [0.25, 0.3) is 12.0 Å². The molecule has 1 N–H and O–H groups in total. The van der Waals surface area contributed by atoms with Crippen LogP contribution in [0.2, 0.25) is 0 Å². The van der Waals surface area contributed by atoms with Gasteiger partial charge in [0.15, 0.2) is 11.5 Å². The molecule has 1 aromatic heterocycles. The Labute approximate surface area is 107 Å². The van der Waals surface area contributed by atoms with Crippen molar-refractivity contribution in [3.63, 3.8) is 0 Å². The van der Waals surface area contributed by atoms with Gasteiger partial charge in [-0.05, 0) is 12.1 Å². The molecule has 0 unspecified atom stereocenters. The van der Waals surface area contributed by atoms with Crippen molar-refractivity contribution < 1.29 is 14.6 Å². The molecule has 18 heavy (non-hydrogen) atoms. The molecule has 0 saturated carbocycles. The maximum Gasteiger partial charge on any atom is 0.269 e. The third-order valence-electron chi connectivity index (χ3n) is 2.46. The number of nitro benzene ring substituents is 1. The number of aliphatic hydroxyl groups excluding tert-OH is 1. The Hall–Kier alpha value is -2.21. The number of aromatic nitrogens is 1. The van der Waals surface area contributed by atoms with Crippen LogP contribution in [0.4, 0.5) is 5.69 Å². The third-order valence-corrected chi connectivity index (χ3v) is 3.28. The van der Waals surface area contributed by atoms with Crippen molar-refractivity contribution in [2.45, 2.75) is 6.92 Å². The van der Waals surface area contributed by atoms with E-state index in [1.165, 1.54) is 35.6 Å². The Morgan fingerprint density at radius 1 is 1.44 bits per heavy atom. The molecule has 0 aliphatic rings. The first-order valence-corrected chi connectivity index (χ1v) is 6.12. The van der Waals surface area contributed by atoms with Crippen molar-refractivity contribution in [1.29, 1.82) is 0 Å². The highest BCUT2D eigenvalue weighted by molar-refractivity contribution is 7.07. The molecule has 1 heterocycles. The predicted molar refractivity (Wildman–Crippen MR) is 69.1 cm³/mol. The second kappa shape index (κ2) is 4.97. The lowest BCUT2D eigenvalue weighted by molar-refractivity contribution is -0.569. The standard InChI is InChI=1S/C12H10N2O3S/c1-9-7-18-8-13(9)6-12(15)10-2-4-11(5-3-10)14(16)17/h2-8H,1H3/p+1/b12-6-. The minimum absolute atomic E-state index is 0.00548. The van der Waals surface area contributed by atoms with Crippen LogP contribution in [0.5, 0.6) is 0 Å². The second-order valence-electron chi connectivity index (χ2n) is 3.73. The monoisotopic (exact) mass is 263 g/mol. The van der Waals surface area contributed by atoms with Crippen LogP contribution >= 0.6 is 11.3 Å². The van der Waals surface area contributed by atoms with E-state index in [2.05, 4.69) is 0 Å². The van der Waals surface area contributed by atoms with Crippen LogP contribution in [0, 0.1) is 17.0 Å². The molecule has 2 aromatic rings. The van der Waals surface area contributed by atoms with Gasteiger partial charge in [0.05, 0.1) is 10.3 Å². The number of nitro groups is 1. The zero-order valence-corrected chi connectivity index (χ0v) is 10.4. The molecule has 0 fully saturated rings. The molecule has 1 aromatic carbocycles. The molecular weight excluding hydrogens is 252 g/mol. The highest BCUT2D eigenvalue weighted by atomic mass is 32.1. The van der Waals surface area contributed by atoms with Crippen LogP contribution in [0.1, 0.15) is 11.3 Å². The molecule has 5 nitrogen and oxygen atoms in total. The zero-order valence-electron chi connectivity index (χ0n) is 9.61. The van der Waals surface area contributed by atoms with Gasteiger partial charge < -0.3 is 5.11 Å². The van der Waals surface area contributed by atoms with Crippen molar-refractivity contribution >= 4 is 29.0 Å². The molecule has 0 spiro atoms. The van der Waals surface area contributed by atoms with Crippen LogP contribution in [0.3, 0.4) is 0 Å². The summed E-state index contributed by atoms with van der Waals surface area (Å²) in [6.45, 7) is 1.93. The van der Waals surface area contributed by atoms with Gasteiger partial charge in [0, 0.05) is 24.6 Å². The first-order chi connectivity index (χ1) is 8.58. The van der Waals surface area contributed by atoms with Crippen molar-refractivity contribution in [3.8, 4) is 0 Å². The van der Waals surface area contributed by atoms with Gasteiger partial charge in [0.1, 0.15) is 0 Å². The summed E-state index contributed by atoms with van der Waals surface area (Å²) < 4.78 is 1.79. The number of hydrogen-bond acceptors (Lipinski definition) is 4. The molecule has 0 bridgehead atoms. The quantitative estimate of drug-likeness (QED) is 0.401. The van der Waals surface area contributed by atoms with E-state index in [0.717, 1.165) is 5.69 Å². The first kappa shape index (κ1) is 12.3. The maximum absolute atomic E-state index is 10.5. The lowest BCUT2D eigenvalue weighted by atomic mass is 10.2. The Bertz CT molecular complexity index is 602. The van der Waals surface area contributed by atoms with Crippen LogP contribution in [0.15, 0.2) is 35.2 Å². The molecule has 6 heteroatoms. The Morgan fingerprint density at radius 3 is 2.61 bits per heavy atom. The lowest BCUT2D eigenvalue weighted by Crippen LogP contribution is -2.26. The number of benzene rings is 1. The Kier molecular flexibility index (Phi) is 3.38. The van der Waals surface area contributed by atoms with Gasteiger partial charge in [-0.3, -0.25) is 10.1 Å². The van der Waals surface area contributed by atoms with Gasteiger partial charge in [-0.15, -0.1) is 0 Å². The van der Waals surface area contributed by atoms with Gasteiger partial charge >= 0.3 is 0 Å². The van der Waals surface area contributed by atoms with Crippen molar-refractivity contribution in [2.75, 3.05) is 0 Å². The van der Waals surface area contributed by atoms with E-state index in [9.17, 15) is 15.2 Å². The SMILES string of the molecule is Cc1csc[n+]1/C=C(\O)c1ccc([N+](=O)[O-])cc1. The topological polar surface area (TPSA) is 67.2 Å². The zero-order chi connectivity index (χ0) is 13.1. The van der Waals surface area contributed by atoms with E-state index in [1.54, 1.807) is 10.8 Å². The number of thiazole rings is 1. The van der Waals surface area contributed by atoms with Crippen LogP contribution in [-0.4, -0.2) is 10.0 Å². The smallest absolute Gasteiger partial charge is 0.269 e. The van der Waals surface area contributed by atoms with E-state index in [0.29, 0.717) is 5.56 Å². The average Bonchev–Trinajstić information content (AvgIpc) is 2.75. The first-order valence-electron chi connectivity index (χ1n) is 5.17. The maximum atomic E-state index is 10.5. The largest absolute Gasteiger partial charge is 0.502 e. The van der Waals surface area contributed by atoms with Gasteiger partial charge in [0.25, 0.3) is 5.69 Å². The van der Waals surface area contributed by atoms with E-state index in [-0.39, 0.29) is 11.4 Å². The molecule has 0 atom stereocenters. The highest BCUT2D eigenvalue weighted by Crippen LogP contribution is 2.16. The van der Waals surface area contributed by atoms with Crippen molar-refractivity contribution in [2.24, 2.45) is 0 Å². The number of hydrogen-bond donors (Lipinski definition) is 1. The average molecular weight is 263 g/mol. The molecule has 0 saturated heterocycles. The highest BCUT2D eigenvalue weighted by Gasteiger charge is 2.10. The van der Waals surface area contributed by atoms with E-state index in [4.69, 9.17) is 0 Å². The Morgan fingerprint density at radius 2 is 2.11 bits per heavy atom. The van der Waals surface area contributed by atoms with Gasteiger partial charge in [-0.1, -0.05) is 11.3 Å². The Balaban J connectivity index is 2.29. The summed E-state index contributed by atoms with van der Waals surface area (Å²) in [5, 5.41) is 22.4. The fourth-order valence-electron chi connectivity index (χ4n) is 1.43. The molecule has 0 amide bonds.